The monoisotopic (exact) mass is 311 g/mol. The first-order chi connectivity index (χ1) is 8.25. The van der Waals surface area contributed by atoms with E-state index in [4.69, 9.17) is 11.6 Å². The van der Waals surface area contributed by atoms with Crippen LogP contribution in [-0.4, -0.2) is 22.6 Å². The Bertz CT molecular complexity index is 548. The summed E-state index contributed by atoms with van der Waals surface area (Å²) in [6.07, 6.45) is 3.79. The van der Waals surface area contributed by atoms with E-state index in [1.807, 2.05) is 30.7 Å². The second-order valence-electron chi connectivity index (χ2n) is 4.14. The van der Waals surface area contributed by atoms with Crippen LogP contribution in [0.25, 0.3) is 5.69 Å². The number of benzene rings is 1. The summed E-state index contributed by atoms with van der Waals surface area (Å²) in [6, 6.07) is 5.80. The van der Waals surface area contributed by atoms with Gasteiger partial charge < -0.3 is 9.88 Å². The number of halogens is 2. The van der Waals surface area contributed by atoms with Gasteiger partial charge in [-0.25, -0.2) is 4.98 Å². The number of rotatable bonds is 2. The molecule has 17 heavy (non-hydrogen) atoms. The molecule has 3 nitrogen and oxygen atoms in total. The van der Waals surface area contributed by atoms with Crippen LogP contribution < -0.4 is 5.32 Å². The largest absolute Gasteiger partial charge is 0.315 e. The maximum atomic E-state index is 5.95. The van der Waals surface area contributed by atoms with E-state index in [9.17, 15) is 0 Å². The first-order valence-electron chi connectivity index (χ1n) is 5.44. The van der Waals surface area contributed by atoms with E-state index in [1.165, 1.54) is 5.69 Å². The average molecular weight is 313 g/mol. The van der Waals surface area contributed by atoms with Crippen molar-refractivity contribution in [2.45, 2.75) is 5.92 Å². The number of aromatic nitrogens is 2. The number of nitrogens with zero attached hydrogens (tertiary/aromatic N) is 2. The lowest BCUT2D eigenvalue weighted by molar-refractivity contribution is 0.435. The maximum absolute atomic E-state index is 5.95. The summed E-state index contributed by atoms with van der Waals surface area (Å²) in [5, 5.41) is 4.01. The fourth-order valence-corrected chi connectivity index (χ4v) is 2.86. The van der Waals surface area contributed by atoms with Crippen LogP contribution in [0.4, 0.5) is 0 Å². The Labute approximate surface area is 113 Å². The first-order valence-corrected chi connectivity index (χ1v) is 6.61. The molecular weight excluding hydrogens is 302 g/mol. The van der Waals surface area contributed by atoms with Crippen molar-refractivity contribution in [3.63, 3.8) is 0 Å². The van der Waals surface area contributed by atoms with Crippen molar-refractivity contribution in [3.05, 3.63) is 45.9 Å². The van der Waals surface area contributed by atoms with Gasteiger partial charge in [-0.3, -0.25) is 0 Å². The molecule has 88 valence electrons. The van der Waals surface area contributed by atoms with Crippen LogP contribution in [0.2, 0.25) is 5.02 Å². The lowest BCUT2D eigenvalue weighted by atomic mass is 10.00. The highest BCUT2D eigenvalue weighted by atomic mass is 79.9. The van der Waals surface area contributed by atoms with Crippen LogP contribution >= 0.6 is 27.5 Å². The van der Waals surface area contributed by atoms with Crippen molar-refractivity contribution in [2.24, 2.45) is 0 Å². The van der Waals surface area contributed by atoms with Crippen LogP contribution in [0.1, 0.15) is 11.6 Å². The molecule has 1 aromatic carbocycles. The van der Waals surface area contributed by atoms with E-state index in [0.29, 0.717) is 5.92 Å². The van der Waals surface area contributed by atoms with Crippen molar-refractivity contribution in [1.29, 1.82) is 0 Å². The number of hydrogen-bond donors (Lipinski definition) is 1. The molecule has 1 fully saturated rings. The Morgan fingerprint density at radius 3 is 2.88 bits per heavy atom. The van der Waals surface area contributed by atoms with E-state index >= 15 is 0 Å². The highest BCUT2D eigenvalue weighted by Gasteiger charge is 2.23. The highest BCUT2D eigenvalue weighted by molar-refractivity contribution is 9.10. The van der Waals surface area contributed by atoms with Gasteiger partial charge in [0.25, 0.3) is 0 Å². The predicted molar refractivity (Wildman–Crippen MR) is 71.9 cm³/mol. The van der Waals surface area contributed by atoms with Gasteiger partial charge in [0.2, 0.25) is 0 Å². The van der Waals surface area contributed by atoms with Crippen molar-refractivity contribution >= 4 is 27.5 Å². The van der Waals surface area contributed by atoms with E-state index in [0.717, 1.165) is 28.3 Å². The summed E-state index contributed by atoms with van der Waals surface area (Å²) in [4.78, 5) is 4.25. The van der Waals surface area contributed by atoms with Gasteiger partial charge in [0.15, 0.2) is 0 Å². The molecule has 0 aliphatic carbocycles. The molecule has 1 saturated heterocycles. The Balaban J connectivity index is 2.05. The van der Waals surface area contributed by atoms with E-state index < -0.39 is 0 Å². The summed E-state index contributed by atoms with van der Waals surface area (Å²) in [5.41, 5.74) is 2.32. The quantitative estimate of drug-likeness (QED) is 0.924. The Hall–Kier alpha value is -0.840. The number of imidazole rings is 1. The van der Waals surface area contributed by atoms with E-state index in [-0.39, 0.29) is 0 Å². The standard InChI is InChI=1S/C12H11BrClN3/c13-10-3-9(14)1-2-11(10)17-7-16-6-12(17)8-4-15-5-8/h1-3,6-8,15H,4-5H2. The highest BCUT2D eigenvalue weighted by Crippen LogP contribution is 2.29. The molecule has 1 aromatic heterocycles. The topological polar surface area (TPSA) is 29.9 Å². The smallest absolute Gasteiger partial charge is 0.0994 e. The minimum absolute atomic E-state index is 0.556. The number of nitrogens with one attached hydrogen (secondary N) is 1. The second kappa shape index (κ2) is 4.44. The molecule has 0 bridgehead atoms. The van der Waals surface area contributed by atoms with Gasteiger partial charge in [-0.1, -0.05) is 11.6 Å². The van der Waals surface area contributed by atoms with Crippen molar-refractivity contribution in [1.82, 2.24) is 14.9 Å². The maximum Gasteiger partial charge on any atom is 0.0994 e. The zero-order valence-electron chi connectivity index (χ0n) is 9.03. The van der Waals surface area contributed by atoms with E-state index in [2.05, 4.69) is 30.8 Å². The second-order valence-corrected chi connectivity index (χ2v) is 5.43. The molecule has 1 N–H and O–H groups in total. The summed E-state index contributed by atoms with van der Waals surface area (Å²) < 4.78 is 3.10. The molecule has 0 saturated carbocycles. The minimum atomic E-state index is 0.556. The van der Waals surface area contributed by atoms with Crippen LogP contribution in [0, 0.1) is 0 Å². The first kappa shape index (κ1) is 11.3. The molecule has 1 aliphatic rings. The zero-order chi connectivity index (χ0) is 11.8. The lowest BCUT2D eigenvalue weighted by Crippen LogP contribution is -2.40. The molecular formula is C12H11BrClN3. The molecule has 0 radical (unpaired) electrons. The molecule has 0 amide bonds. The van der Waals surface area contributed by atoms with Gasteiger partial charge >= 0.3 is 0 Å². The van der Waals surface area contributed by atoms with Crippen LogP contribution in [0.5, 0.6) is 0 Å². The van der Waals surface area contributed by atoms with Gasteiger partial charge in [-0.2, -0.15) is 0 Å². The van der Waals surface area contributed by atoms with Crippen molar-refractivity contribution < 1.29 is 0 Å². The Morgan fingerprint density at radius 1 is 1.41 bits per heavy atom. The van der Waals surface area contributed by atoms with Crippen molar-refractivity contribution in [3.8, 4) is 5.69 Å². The van der Waals surface area contributed by atoms with Gasteiger partial charge in [-0.15, -0.1) is 0 Å². The fraction of sp³-hybridized carbons (Fsp3) is 0.250. The molecule has 0 unspecified atom stereocenters. The van der Waals surface area contributed by atoms with Crippen LogP contribution in [0.15, 0.2) is 35.2 Å². The minimum Gasteiger partial charge on any atom is -0.315 e. The summed E-state index contributed by atoms with van der Waals surface area (Å²) >= 11 is 9.50. The molecule has 5 heteroatoms. The third-order valence-corrected chi connectivity index (χ3v) is 3.91. The zero-order valence-corrected chi connectivity index (χ0v) is 11.4. The normalized spacial score (nSPS) is 15.9. The van der Waals surface area contributed by atoms with Crippen LogP contribution in [0.3, 0.4) is 0 Å². The molecule has 0 atom stereocenters. The third kappa shape index (κ3) is 2.01. The third-order valence-electron chi connectivity index (χ3n) is 3.04. The summed E-state index contributed by atoms with van der Waals surface area (Å²) in [7, 11) is 0. The number of hydrogen-bond acceptors (Lipinski definition) is 2. The molecule has 3 rings (SSSR count). The summed E-state index contributed by atoms with van der Waals surface area (Å²) in [6.45, 7) is 2.05. The summed E-state index contributed by atoms with van der Waals surface area (Å²) in [5.74, 6) is 0.556. The van der Waals surface area contributed by atoms with Gasteiger partial charge in [-0.05, 0) is 34.1 Å². The van der Waals surface area contributed by atoms with Crippen LogP contribution in [-0.2, 0) is 0 Å². The Morgan fingerprint density at radius 2 is 2.24 bits per heavy atom. The van der Waals surface area contributed by atoms with Gasteiger partial charge in [0.1, 0.15) is 0 Å². The van der Waals surface area contributed by atoms with Crippen molar-refractivity contribution in [2.75, 3.05) is 13.1 Å². The fourth-order valence-electron chi connectivity index (χ4n) is 1.98. The molecule has 2 aromatic rings. The lowest BCUT2D eigenvalue weighted by Gasteiger charge is -2.28. The SMILES string of the molecule is Clc1ccc(-n2cncc2C2CNC2)c(Br)c1. The molecule has 2 heterocycles. The van der Waals surface area contributed by atoms with Gasteiger partial charge in [0, 0.05) is 40.4 Å². The Kier molecular flexibility index (Phi) is 2.94. The molecule has 1 aliphatic heterocycles. The van der Waals surface area contributed by atoms with E-state index in [1.54, 1.807) is 0 Å². The average Bonchev–Trinajstić information content (AvgIpc) is 2.64. The molecule has 0 spiro atoms. The van der Waals surface area contributed by atoms with Gasteiger partial charge in [0.05, 0.1) is 12.0 Å². The predicted octanol–water partition coefficient (Wildman–Crippen LogP) is 2.98.